The van der Waals surface area contributed by atoms with Crippen LogP contribution in [-0.4, -0.2) is 16.0 Å². The van der Waals surface area contributed by atoms with E-state index in [1.54, 1.807) is 20.0 Å². The monoisotopic (exact) mass is 412 g/mol. The summed E-state index contributed by atoms with van der Waals surface area (Å²) in [6.45, 7) is 11.4. The normalized spacial score (nSPS) is 11.5. The van der Waals surface area contributed by atoms with Crippen LogP contribution in [-0.2, 0) is 16.8 Å². The molecule has 2 aromatic rings. The molecular formula is C20H29FN2O2S2. The molecule has 0 saturated carbocycles. The smallest absolute Gasteiger partial charge is 0.221 e. The van der Waals surface area contributed by atoms with E-state index in [0.717, 1.165) is 21.6 Å². The minimum Gasteiger partial charge on any atom is -0.385 e. The molecule has 0 unspecified atom stereocenters. The summed E-state index contributed by atoms with van der Waals surface area (Å²) >= 11 is 6.26. The van der Waals surface area contributed by atoms with Crippen molar-refractivity contribution < 1.29 is 14.3 Å². The number of carbonyl (C=O) groups excluding carboxylic acids is 1. The second kappa shape index (κ2) is 9.57. The number of halogens is 1. The standard InChI is InChI=1S/C14H20FNO.C6H9NOS2/c1-8(2)11-5-10(15)6-12(9(3)4)13(11)7-14(16)17;1-6(2,8)4-3-7-5(9)10-4/h5-6,8-9H,7H2,1-4H3,(H2,16,17);3,8H,1-2H3,(H,7,9). The van der Waals surface area contributed by atoms with E-state index in [4.69, 9.17) is 18.0 Å². The number of hydrogen-bond donors (Lipinski definition) is 3. The zero-order valence-corrected chi connectivity index (χ0v) is 18.4. The number of rotatable bonds is 5. The summed E-state index contributed by atoms with van der Waals surface area (Å²) in [5.74, 6) is -0.263. The number of nitrogens with one attached hydrogen (secondary N) is 1. The summed E-state index contributed by atoms with van der Waals surface area (Å²) in [4.78, 5) is 14.9. The van der Waals surface area contributed by atoms with E-state index in [2.05, 4.69) is 4.98 Å². The largest absolute Gasteiger partial charge is 0.385 e. The molecule has 150 valence electrons. The highest BCUT2D eigenvalue weighted by atomic mass is 32.1. The van der Waals surface area contributed by atoms with Crippen LogP contribution in [0.2, 0.25) is 0 Å². The first-order valence-electron chi connectivity index (χ1n) is 8.84. The number of amides is 1. The van der Waals surface area contributed by atoms with Crippen molar-refractivity contribution in [1.82, 2.24) is 4.98 Å². The van der Waals surface area contributed by atoms with E-state index >= 15 is 0 Å². The lowest BCUT2D eigenvalue weighted by Crippen LogP contribution is -2.17. The quantitative estimate of drug-likeness (QED) is 0.595. The van der Waals surface area contributed by atoms with Crippen molar-refractivity contribution >= 4 is 29.5 Å². The molecule has 4 nitrogen and oxygen atoms in total. The molecule has 4 N–H and O–H groups in total. The Balaban J connectivity index is 0.000000309. The van der Waals surface area contributed by atoms with E-state index in [-0.39, 0.29) is 30.0 Å². The predicted octanol–water partition coefficient (Wildman–Crippen LogP) is 5.13. The molecule has 2 rings (SSSR count). The number of benzene rings is 1. The molecule has 0 radical (unpaired) electrons. The van der Waals surface area contributed by atoms with E-state index in [0.29, 0.717) is 3.95 Å². The number of aromatic nitrogens is 1. The van der Waals surface area contributed by atoms with Crippen molar-refractivity contribution in [2.24, 2.45) is 5.73 Å². The van der Waals surface area contributed by atoms with Crippen molar-refractivity contribution in [3.8, 4) is 0 Å². The van der Waals surface area contributed by atoms with Gasteiger partial charge in [-0.1, -0.05) is 27.7 Å². The highest BCUT2D eigenvalue weighted by molar-refractivity contribution is 7.73. The predicted molar refractivity (Wildman–Crippen MR) is 112 cm³/mol. The van der Waals surface area contributed by atoms with Gasteiger partial charge in [0.2, 0.25) is 5.91 Å². The van der Waals surface area contributed by atoms with E-state index in [1.165, 1.54) is 23.5 Å². The molecule has 27 heavy (non-hydrogen) atoms. The fourth-order valence-electron chi connectivity index (χ4n) is 2.67. The van der Waals surface area contributed by atoms with Crippen LogP contribution in [0.5, 0.6) is 0 Å². The molecule has 0 fully saturated rings. The average Bonchev–Trinajstić information content (AvgIpc) is 2.95. The molecule has 0 bridgehead atoms. The third kappa shape index (κ3) is 7.16. The number of nitrogens with two attached hydrogens (primary N) is 1. The average molecular weight is 413 g/mol. The molecule has 1 aromatic heterocycles. The van der Waals surface area contributed by atoms with Crippen molar-refractivity contribution in [2.75, 3.05) is 0 Å². The molecule has 0 aliphatic heterocycles. The Bertz CT molecular complexity index is 804. The Kier molecular flexibility index (Phi) is 8.32. The fraction of sp³-hybridized carbons (Fsp3) is 0.500. The maximum atomic E-state index is 13.5. The Morgan fingerprint density at radius 1 is 1.26 bits per heavy atom. The molecule has 0 saturated heterocycles. The first-order chi connectivity index (χ1) is 12.3. The molecule has 1 amide bonds. The van der Waals surface area contributed by atoms with Crippen molar-refractivity contribution in [3.05, 3.63) is 49.7 Å². The molecular weight excluding hydrogens is 383 g/mol. The topological polar surface area (TPSA) is 79.1 Å². The third-order valence-corrected chi connectivity index (χ3v) is 5.51. The van der Waals surface area contributed by atoms with Gasteiger partial charge < -0.3 is 15.8 Å². The molecule has 0 atom stereocenters. The van der Waals surface area contributed by atoms with Crippen LogP contribution in [0.25, 0.3) is 0 Å². The summed E-state index contributed by atoms with van der Waals surface area (Å²) in [5.41, 5.74) is 7.16. The maximum absolute atomic E-state index is 13.5. The number of primary amides is 1. The molecule has 1 aromatic carbocycles. The second-order valence-corrected chi connectivity index (χ2v) is 9.34. The first kappa shape index (κ1) is 23.5. The summed E-state index contributed by atoms with van der Waals surface area (Å²) in [7, 11) is 0. The fourth-order valence-corrected chi connectivity index (χ4v) is 3.69. The lowest BCUT2D eigenvalue weighted by Gasteiger charge is -2.19. The van der Waals surface area contributed by atoms with Gasteiger partial charge in [0, 0.05) is 6.20 Å². The van der Waals surface area contributed by atoms with Gasteiger partial charge in [0.05, 0.1) is 16.9 Å². The Morgan fingerprint density at radius 3 is 2.00 bits per heavy atom. The van der Waals surface area contributed by atoms with Crippen molar-refractivity contribution in [2.45, 2.75) is 65.4 Å². The number of aromatic amines is 1. The van der Waals surface area contributed by atoms with Crippen LogP contribution < -0.4 is 5.73 Å². The van der Waals surface area contributed by atoms with Gasteiger partial charge in [0.15, 0.2) is 3.95 Å². The van der Waals surface area contributed by atoms with Gasteiger partial charge in [-0.25, -0.2) is 4.39 Å². The van der Waals surface area contributed by atoms with Gasteiger partial charge in [-0.15, -0.1) is 11.3 Å². The van der Waals surface area contributed by atoms with E-state index < -0.39 is 5.60 Å². The second-order valence-electron chi connectivity index (χ2n) is 7.62. The van der Waals surface area contributed by atoms with E-state index in [1.807, 2.05) is 27.7 Å². The van der Waals surface area contributed by atoms with Crippen LogP contribution in [0.15, 0.2) is 18.3 Å². The van der Waals surface area contributed by atoms with Crippen LogP contribution >= 0.6 is 23.6 Å². The zero-order chi connectivity index (χ0) is 20.9. The number of carbonyl (C=O) groups is 1. The summed E-state index contributed by atoms with van der Waals surface area (Å²) < 4.78 is 14.3. The van der Waals surface area contributed by atoms with Crippen molar-refractivity contribution in [3.63, 3.8) is 0 Å². The lowest BCUT2D eigenvalue weighted by molar-refractivity contribution is -0.117. The maximum Gasteiger partial charge on any atom is 0.221 e. The van der Waals surface area contributed by atoms with Gasteiger partial charge in [0.25, 0.3) is 0 Å². The van der Waals surface area contributed by atoms with Gasteiger partial charge in [-0.2, -0.15) is 0 Å². The molecule has 0 spiro atoms. The molecule has 1 heterocycles. The first-order valence-corrected chi connectivity index (χ1v) is 10.1. The third-order valence-electron chi connectivity index (χ3n) is 4.01. The van der Waals surface area contributed by atoms with Crippen molar-refractivity contribution in [1.29, 1.82) is 0 Å². The lowest BCUT2D eigenvalue weighted by atomic mass is 9.87. The van der Waals surface area contributed by atoms with Gasteiger partial charge in [-0.3, -0.25) is 4.79 Å². The van der Waals surface area contributed by atoms with E-state index in [9.17, 15) is 14.3 Å². The van der Waals surface area contributed by atoms with Gasteiger partial charge in [0.1, 0.15) is 5.82 Å². The summed E-state index contributed by atoms with van der Waals surface area (Å²) in [6, 6.07) is 3.02. The minimum atomic E-state index is -0.766. The summed E-state index contributed by atoms with van der Waals surface area (Å²) in [6.07, 6.45) is 1.92. The highest BCUT2D eigenvalue weighted by Gasteiger charge is 2.18. The van der Waals surface area contributed by atoms with Crippen LogP contribution in [0.1, 0.15) is 74.9 Å². The minimum absolute atomic E-state index is 0.178. The summed E-state index contributed by atoms with van der Waals surface area (Å²) in [5, 5.41) is 9.45. The van der Waals surface area contributed by atoms with Crippen LogP contribution in [0, 0.1) is 9.77 Å². The Morgan fingerprint density at radius 2 is 1.74 bits per heavy atom. The molecule has 7 heteroatoms. The highest BCUT2D eigenvalue weighted by Crippen LogP contribution is 2.29. The number of H-pyrrole nitrogens is 1. The number of aliphatic hydroxyl groups is 1. The van der Waals surface area contributed by atoms with Crippen LogP contribution in [0.4, 0.5) is 4.39 Å². The van der Waals surface area contributed by atoms with Crippen LogP contribution in [0.3, 0.4) is 0 Å². The zero-order valence-electron chi connectivity index (χ0n) is 16.7. The Labute approximate surface area is 169 Å². The Hall–Kier alpha value is -1.57. The number of hydrogen-bond acceptors (Lipinski definition) is 4. The molecule has 0 aliphatic carbocycles. The molecule has 0 aliphatic rings. The van der Waals surface area contributed by atoms with Gasteiger partial charge >= 0.3 is 0 Å². The van der Waals surface area contributed by atoms with Gasteiger partial charge in [-0.05, 0) is 66.7 Å². The SMILES string of the molecule is CC(C)(O)c1c[nH]c(=S)s1.CC(C)c1cc(F)cc(C(C)C)c1CC(N)=O. The number of thiazole rings is 1.